The van der Waals surface area contributed by atoms with E-state index in [4.69, 9.17) is 0 Å². The molecule has 6 rings (SSSR count). The average molecular weight is 529 g/mol. The zero-order valence-corrected chi connectivity index (χ0v) is 22.5. The monoisotopic (exact) mass is 526 g/mol. The summed E-state index contributed by atoms with van der Waals surface area (Å²) in [5.41, 5.74) is 13.1. The van der Waals surface area contributed by atoms with Crippen molar-refractivity contribution >= 4 is 32.4 Å². The van der Waals surface area contributed by atoms with Gasteiger partial charge in [-0.1, -0.05) is 26.0 Å². The number of halogens is 2. The van der Waals surface area contributed by atoms with Gasteiger partial charge < -0.3 is 24.8 Å². The standard InChI is InChI=1S/2C10H9.C4H4Si2.2ClH.Zr/c2*1-8-6-9-4-2-3-5-10(9)7-8;1-2-6-4-3-5-1;;;/h2*2-7H,1H3;1-4H;2*1H;/q2*-1;;;;/p-2. The van der Waals surface area contributed by atoms with Crippen LogP contribution in [0.15, 0.2) is 95.6 Å². The first kappa shape index (κ1) is 24.3. The largest absolute Gasteiger partial charge is 1.00 e. The topological polar surface area (TPSA) is 0 Å². The molecule has 4 aromatic rings. The van der Waals surface area contributed by atoms with Crippen LogP contribution in [0.2, 0.25) is 0 Å². The number of hydrogen-bond donors (Lipinski definition) is 0. The van der Waals surface area contributed by atoms with Crippen molar-refractivity contribution in [1.29, 1.82) is 0 Å². The van der Waals surface area contributed by atoms with Gasteiger partial charge in [0.2, 0.25) is 0 Å². The van der Waals surface area contributed by atoms with Crippen molar-refractivity contribution < 1.29 is 45.3 Å². The Kier molecular flexibility index (Phi) is 9.58. The van der Waals surface area contributed by atoms with Crippen LogP contribution in [0.4, 0.5) is 0 Å². The molecule has 0 saturated heterocycles. The molecule has 0 atom stereocenters. The minimum absolute atomic E-state index is 0. The maximum Gasteiger partial charge on any atom is -0.0579 e. The molecule has 0 radical (unpaired) electrons. The third-order valence-electron chi connectivity index (χ3n) is 4.70. The molecule has 5 heteroatoms. The molecule has 0 spiro atoms. The molecule has 2 aliphatic rings. The molecule has 29 heavy (non-hydrogen) atoms. The summed E-state index contributed by atoms with van der Waals surface area (Å²) >= 11 is 0.243. The summed E-state index contributed by atoms with van der Waals surface area (Å²) in [7, 11) is 0. The molecular formula is C24H22Cl2Si2Zr-4. The number of hydrogen-bond acceptors (Lipinski definition) is 0. The Morgan fingerprint density at radius 2 is 1.00 bits per heavy atom. The number of benzene rings is 2. The smallest absolute Gasteiger partial charge is 0.0579 e. The van der Waals surface area contributed by atoms with Crippen molar-refractivity contribution in [3.05, 3.63) is 107 Å². The van der Waals surface area contributed by atoms with E-state index in [1.807, 2.05) is 0 Å². The fraction of sp³-hybridized carbons (Fsp3) is 0.0833. The summed E-state index contributed by atoms with van der Waals surface area (Å²) in [6, 6.07) is 25.7. The molecule has 0 aromatic heterocycles. The molecule has 0 fully saturated rings. The van der Waals surface area contributed by atoms with E-state index in [0.717, 1.165) is 0 Å². The third-order valence-corrected chi connectivity index (χ3v) is 27.5. The fourth-order valence-electron chi connectivity index (χ4n) is 3.42. The average Bonchev–Trinajstić information content (AvgIpc) is 3.45. The summed E-state index contributed by atoms with van der Waals surface area (Å²) in [4.78, 5) is 0. The fourth-order valence-corrected chi connectivity index (χ4v) is 31.3. The van der Waals surface area contributed by atoms with Crippen LogP contribution >= 0.6 is 0 Å². The Morgan fingerprint density at radius 3 is 1.31 bits per heavy atom. The first-order chi connectivity index (χ1) is 13.2. The van der Waals surface area contributed by atoms with E-state index in [-0.39, 0.29) is 56.1 Å². The zero-order chi connectivity index (χ0) is 18.6. The second-order valence-corrected chi connectivity index (χ2v) is 25.2. The van der Waals surface area contributed by atoms with Crippen LogP contribution in [-0.2, 0) is 20.5 Å². The van der Waals surface area contributed by atoms with Crippen molar-refractivity contribution in [3.8, 4) is 0 Å². The molecule has 2 heterocycles. The molecule has 0 unspecified atom stereocenters. The number of aryl methyl sites for hydroxylation is 2. The van der Waals surface area contributed by atoms with Crippen LogP contribution in [0.5, 0.6) is 0 Å². The summed E-state index contributed by atoms with van der Waals surface area (Å²) in [5.74, 6) is 0. The SMILES string of the molecule is C1=C[Si]2=[Zr]=[Si]1C=C2.Cc1cc2ccccc2[cH-]1.Cc1cc2ccccc2[cH-]1.[Cl-].[Cl-]. The van der Waals surface area contributed by atoms with E-state index in [1.54, 1.807) is 0 Å². The Labute approximate surface area is 196 Å². The summed E-state index contributed by atoms with van der Waals surface area (Å²) in [5, 5.41) is 5.39. The van der Waals surface area contributed by atoms with Gasteiger partial charge in [-0.2, -0.15) is 12.1 Å². The van der Waals surface area contributed by atoms with E-state index in [0.29, 0.717) is 0 Å². The van der Waals surface area contributed by atoms with Gasteiger partial charge in [0.15, 0.2) is 0 Å². The quantitative estimate of drug-likeness (QED) is 0.224. The minimum atomic E-state index is 0. The minimum Gasteiger partial charge on any atom is -1.00 e. The Bertz CT molecular complexity index is 1060. The molecule has 0 N–H and O–H groups in total. The summed E-state index contributed by atoms with van der Waals surface area (Å²) in [6.07, 6.45) is 0. The molecule has 4 aromatic carbocycles. The molecule has 0 amide bonds. The normalized spacial score (nSPS) is 12.2. The van der Waals surface area contributed by atoms with Gasteiger partial charge in [-0.15, -0.1) is 81.2 Å². The van der Waals surface area contributed by atoms with Crippen molar-refractivity contribution in [2.75, 3.05) is 0 Å². The first-order valence-electron chi connectivity index (χ1n) is 9.29. The van der Waals surface area contributed by atoms with Crippen molar-refractivity contribution in [3.63, 3.8) is 0 Å². The van der Waals surface area contributed by atoms with Crippen molar-refractivity contribution in [2.45, 2.75) is 13.8 Å². The molecular weight excluding hydrogens is 507 g/mol. The van der Waals surface area contributed by atoms with E-state index < -0.39 is 0 Å². The van der Waals surface area contributed by atoms with Gasteiger partial charge in [0, 0.05) is 0 Å². The van der Waals surface area contributed by atoms with Crippen LogP contribution in [-0.4, -0.2) is 10.9 Å². The van der Waals surface area contributed by atoms with Gasteiger partial charge in [0.05, 0.1) is 0 Å². The second-order valence-electron chi connectivity index (χ2n) is 7.03. The van der Waals surface area contributed by atoms with Crippen LogP contribution < -0.4 is 24.8 Å². The van der Waals surface area contributed by atoms with Crippen LogP contribution in [0.3, 0.4) is 0 Å². The Hall–Kier alpha value is -0.963. The number of fused-ring (bicyclic) bond motifs is 2. The van der Waals surface area contributed by atoms with Gasteiger partial charge >= 0.3 is 54.1 Å². The molecule has 2 aliphatic heterocycles. The van der Waals surface area contributed by atoms with E-state index in [9.17, 15) is 0 Å². The van der Waals surface area contributed by atoms with Crippen LogP contribution in [0, 0.1) is 13.8 Å². The van der Waals surface area contributed by atoms with Crippen molar-refractivity contribution in [1.82, 2.24) is 0 Å². The predicted molar refractivity (Wildman–Crippen MR) is 118 cm³/mol. The van der Waals surface area contributed by atoms with Crippen molar-refractivity contribution in [2.24, 2.45) is 0 Å². The summed E-state index contributed by atoms with van der Waals surface area (Å²) < 4.78 is 0. The molecule has 148 valence electrons. The van der Waals surface area contributed by atoms with Gasteiger partial charge in [0.1, 0.15) is 0 Å². The first-order valence-corrected chi connectivity index (χ1v) is 20.0. The van der Waals surface area contributed by atoms with Gasteiger partial charge in [0.25, 0.3) is 0 Å². The van der Waals surface area contributed by atoms with E-state index >= 15 is 0 Å². The zero-order valence-electron chi connectivity index (χ0n) is 16.5. The van der Waals surface area contributed by atoms with Crippen LogP contribution in [0.25, 0.3) is 21.5 Å². The second kappa shape index (κ2) is 11.4. The molecule has 0 saturated carbocycles. The Balaban J connectivity index is 0.000000152. The maximum absolute atomic E-state index is 2.52. The van der Waals surface area contributed by atoms with Gasteiger partial charge in [-0.3, -0.25) is 0 Å². The van der Waals surface area contributed by atoms with Gasteiger partial charge in [-0.05, 0) is 0 Å². The van der Waals surface area contributed by atoms with E-state index in [2.05, 4.69) is 109 Å². The predicted octanol–water partition coefficient (Wildman–Crippen LogP) is 0.0905. The molecule has 0 nitrogen and oxygen atoms in total. The van der Waals surface area contributed by atoms with E-state index in [1.165, 1.54) is 32.7 Å². The third kappa shape index (κ3) is 6.51. The molecule has 2 bridgehead atoms. The van der Waals surface area contributed by atoms with Crippen LogP contribution in [0.1, 0.15) is 11.1 Å². The summed E-state index contributed by atoms with van der Waals surface area (Å²) in [6.45, 7) is 4.25. The number of rotatable bonds is 0. The maximum atomic E-state index is 2.52. The molecule has 0 aliphatic carbocycles. The Morgan fingerprint density at radius 1 is 0.621 bits per heavy atom. The van der Waals surface area contributed by atoms with Gasteiger partial charge in [-0.25, -0.2) is 0 Å².